The van der Waals surface area contributed by atoms with Crippen molar-refractivity contribution < 1.29 is 4.79 Å². The maximum atomic E-state index is 12.2. The molecule has 1 aliphatic heterocycles. The lowest BCUT2D eigenvalue weighted by Gasteiger charge is -2.25. The van der Waals surface area contributed by atoms with E-state index in [1.165, 1.54) is 36.6 Å². The van der Waals surface area contributed by atoms with Crippen molar-refractivity contribution in [2.75, 3.05) is 25.4 Å². The van der Waals surface area contributed by atoms with Crippen LogP contribution in [0.1, 0.15) is 49.2 Å². The van der Waals surface area contributed by atoms with Crippen LogP contribution in [0.25, 0.3) is 0 Å². The monoisotopic (exact) mass is 311 g/mol. The smallest absolute Gasteiger partial charge is 0.174 e. The molecule has 1 aromatic heterocycles. The molecule has 1 aromatic rings. The molecule has 112 valence electrons. The van der Waals surface area contributed by atoms with Crippen LogP contribution in [0, 0.1) is 5.92 Å². The first-order valence-corrected chi connectivity index (χ1v) is 9.43. The molecule has 2 nitrogen and oxygen atoms in total. The average molecular weight is 312 g/mol. The summed E-state index contributed by atoms with van der Waals surface area (Å²) in [6, 6.07) is 4.11. The number of hydrogen-bond donors (Lipinski definition) is 0. The Bertz CT molecular complexity index is 422. The highest BCUT2D eigenvalue weighted by molar-refractivity contribution is 8.01. The topological polar surface area (TPSA) is 20.3 Å². The molecule has 0 saturated carbocycles. The highest BCUT2D eigenvalue weighted by atomic mass is 32.2. The van der Waals surface area contributed by atoms with Gasteiger partial charge in [-0.1, -0.05) is 20.3 Å². The van der Waals surface area contributed by atoms with Crippen molar-refractivity contribution in [3.8, 4) is 0 Å². The summed E-state index contributed by atoms with van der Waals surface area (Å²) in [7, 11) is 0. The second-order valence-corrected chi connectivity index (χ2v) is 8.30. The van der Waals surface area contributed by atoms with Crippen molar-refractivity contribution in [2.24, 2.45) is 5.92 Å². The van der Waals surface area contributed by atoms with Crippen LogP contribution in [0.2, 0.25) is 0 Å². The third-order valence-corrected chi connectivity index (χ3v) is 6.30. The average Bonchev–Trinajstić information content (AvgIpc) is 2.92. The molecule has 0 N–H and O–H groups in total. The lowest BCUT2D eigenvalue weighted by Crippen LogP contribution is -2.31. The molecule has 0 radical (unpaired) electrons. The number of carbonyl (C=O) groups is 1. The summed E-state index contributed by atoms with van der Waals surface area (Å²) >= 11 is 3.53. The van der Waals surface area contributed by atoms with Gasteiger partial charge in [-0.2, -0.15) is 0 Å². The molecule has 1 fully saturated rings. The van der Waals surface area contributed by atoms with Crippen LogP contribution < -0.4 is 0 Å². The van der Waals surface area contributed by atoms with E-state index in [0.29, 0.717) is 18.1 Å². The minimum atomic E-state index is 0.317. The van der Waals surface area contributed by atoms with Gasteiger partial charge in [0.2, 0.25) is 0 Å². The number of Topliss-reactive ketones (excluding diaryl/α,β-unsaturated/α-hetero) is 1. The van der Waals surface area contributed by atoms with Gasteiger partial charge in [-0.05, 0) is 44.0 Å². The Morgan fingerprint density at radius 1 is 1.30 bits per heavy atom. The summed E-state index contributed by atoms with van der Waals surface area (Å²) in [5.74, 6) is 2.14. The van der Waals surface area contributed by atoms with E-state index in [2.05, 4.69) is 24.8 Å². The minimum absolute atomic E-state index is 0.317. The third kappa shape index (κ3) is 5.23. The fourth-order valence-electron chi connectivity index (χ4n) is 2.36. The van der Waals surface area contributed by atoms with E-state index in [1.807, 2.05) is 17.8 Å². The number of nitrogens with zero attached hydrogens (tertiary/aromatic N) is 1. The van der Waals surface area contributed by atoms with E-state index in [9.17, 15) is 4.79 Å². The first-order chi connectivity index (χ1) is 9.65. The zero-order valence-electron chi connectivity index (χ0n) is 12.6. The van der Waals surface area contributed by atoms with Crippen molar-refractivity contribution in [3.63, 3.8) is 0 Å². The molecule has 0 spiro atoms. The maximum absolute atomic E-state index is 12.2. The van der Waals surface area contributed by atoms with E-state index in [-0.39, 0.29) is 0 Å². The molecule has 2 rings (SSSR count). The number of thiophene rings is 1. The van der Waals surface area contributed by atoms with Crippen LogP contribution in [0.4, 0.5) is 0 Å². The molecule has 0 aliphatic carbocycles. The van der Waals surface area contributed by atoms with Crippen LogP contribution in [0.15, 0.2) is 16.3 Å². The lowest BCUT2D eigenvalue weighted by molar-refractivity contribution is 0.0962. The zero-order chi connectivity index (χ0) is 14.4. The molecule has 0 atom stereocenters. The van der Waals surface area contributed by atoms with Gasteiger partial charge in [-0.25, -0.2) is 0 Å². The Hall–Kier alpha value is -0.320. The Labute approximate surface area is 130 Å². The minimum Gasteiger partial charge on any atom is -0.303 e. The van der Waals surface area contributed by atoms with Gasteiger partial charge in [0.15, 0.2) is 5.78 Å². The van der Waals surface area contributed by atoms with Crippen LogP contribution in [0.5, 0.6) is 0 Å². The number of thioether (sulfide) groups is 1. The Kier molecular flexibility index (Phi) is 6.59. The van der Waals surface area contributed by atoms with E-state index < -0.39 is 0 Å². The van der Waals surface area contributed by atoms with Gasteiger partial charge in [-0.15, -0.1) is 23.1 Å². The second kappa shape index (κ2) is 8.20. The predicted octanol–water partition coefficient (Wildman–Crippen LogP) is 4.55. The van der Waals surface area contributed by atoms with Crippen LogP contribution in [-0.2, 0) is 0 Å². The molecular weight excluding hydrogens is 286 g/mol. The number of carbonyl (C=O) groups excluding carboxylic acids is 1. The number of rotatable bonds is 7. The van der Waals surface area contributed by atoms with Gasteiger partial charge in [0.1, 0.15) is 0 Å². The third-order valence-electron chi connectivity index (χ3n) is 3.52. The summed E-state index contributed by atoms with van der Waals surface area (Å²) in [5, 5.41) is 0. The summed E-state index contributed by atoms with van der Waals surface area (Å²) in [6.07, 6.45) is 4.62. The van der Waals surface area contributed by atoms with Gasteiger partial charge in [0, 0.05) is 18.7 Å². The SMILES string of the molecule is CC(C)CSc1ccc(C(=O)CCN2CCCCC2)s1. The first kappa shape index (κ1) is 16.1. The number of ketones is 1. The van der Waals surface area contributed by atoms with Gasteiger partial charge >= 0.3 is 0 Å². The first-order valence-electron chi connectivity index (χ1n) is 7.63. The molecule has 2 heterocycles. The highest BCUT2D eigenvalue weighted by Crippen LogP contribution is 2.29. The molecule has 0 unspecified atom stereocenters. The molecule has 0 aromatic carbocycles. The fourth-order valence-corrected chi connectivity index (χ4v) is 4.44. The maximum Gasteiger partial charge on any atom is 0.174 e. The van der Waals surface area contributed by atoms with Crippen molar-refractivity contribution in [1.82, 2.24) is 4.90 Å². The van der Waals surface area contributed by atoms with Crippen LogP contribution >= 0.6 is 23.1 Å². The number of piperidine rings is 1. The molecule has 4 heteroatoms. The predicted molar refractivity (Wildman–Crippen MR) is 89.1 cm³/mol. The van der Waals surface area contributed by atoms with Gasteiger partial charge < -0.3 is 4.90 Å². The molecule has 20 heavy (non-hydrogen) atoms. The Balaban J connectivity index is 1.77. The van der Waals surface area contributed by atoms with Gasteiger partial charge in [0.25, 0.3) is 0 Å². The van der Waals surface area contributed by atoms with Crippen molar-refractivity contribution >= 4 is 28.9 Å². The largest absolute Gasteiger partial charge is 0.303 e. The van der Waals surface area contributed by atoms with E-state index >= 15 is 0 Å². The fraction of sp³-hybridized carbons (Fsp3) is 0.688. The number of likely N-dealkylation sites (tertiary alicyclic amines) is 1. The second-order valence-electron chi connectivity index (χ2n) is 5.90. The van der Waals surface area contributed by atoms with E-state index in [0.717, 1.165) is 17.2 Å². The molecule has 0 bridgehead atoms. The van der Waals surface area contributed by atoms with Crippen molar-refractivity contribution in [2.45, 2.75) is 43.7 Å². The van der Waals surface area contributed by atoms with Crippen LogP contribution in [-0.4, -0.2) is 36.1 Å². The van der Waals surface area contributed by atoms with Gasteiger partial charge in [0.05, 0.1) is 9.09 Å². The highest BCUT2D eigenvalue weighted by Gasteiger charge is 2.14. The van der Waals surface area contributed by atoms with Crippen LogP contribution in [0.3, 0.4) is 0 Å². The summed E-state index contributed by atoms with van der Waals surface area (Å²) in [4.78, 5) is 15.6. The quantitative estimate of drug-likeness (QED) is 0.544. The zero-order valence-corrected chi connectivity index (χ0v) is 14.2. The van der Waals surface area contributed by atoms with E-state index in [1.54, 1.807) is 11.3 Å². The van der Waals surface area contributed by atoms with Crippen molar-refractivity contribution in [3.05, 3.63) is 17.0 Å². The normalized spacial score (nSPS) is 16.8. The van der Waals surface area contributed by atoms with Crippen molar-refractivity contribution in [1.29, 1.82) is 0 Å². The Morgan fingerprint density at radius 3 is 2.75 bits per heavy atom. The lowest BCUT2D eigenvalue weighted by atomic mass is 10.1. The Morgan fingerprint density at radius 2 is 2.05 bits per heavy atom. The standard InChI is InChI=1S/C16H25NOS2/c1-13(2)12-19-16-7-6-15(20-16)14(18)8-11-17-9-4-3-5-10-17/h6-7,13H,3-5,8-12H2,1-2H3. The molecule has 0 amide bonds. The number of hydrogen-bond acceptors (Lipinski definition) is 4. The van der Waals surface area contributed by atoms with Gasteiger partial charge in [-0.3, -0.25) is 4.79 Å². The summed E-state index contributed by atoms with van der Waals surface area (Å²) in [6.45, 7) is 7.74. The van der Waals surface area contributed by atoms with E-state index in [4.69, 9.17) is 0 Å². The molecule has 1 aliphatic rings. The molecular formula is C16H25NOS2. The summed E-state index contributed by atoms with van der Waals surface area (Å²) in [5.41, 5.74) is 0. The molecule has 1 saturated heterocycles. The summed E-state index contributed by atoms with van der Waals surface area (Å²) < 4.78 is 1.28.